The molecule has 5 heteroatoms. The van der Waals surface area contributed by atoms with Crippen LogP contribution < -0.4 is 16.0 Å². The Labute approximate surface area is 129 Å². The maximum absolute atomic E-state index is 12.0. The van der Waals surface area contributed by atoms with E-state index in [0.29, 0.717) is 19.1 Å². The Hall–Kier alpha value is -1.26. The van der Waals surface area contributed by atoms with Crippen molar-refractivity contribution in [2.45, 2.75) is 59.4 Å². The molecule has 5 nitrogen and oxygen atoms in total. The summed E-state index contributed by atoms with van der Waals surface area (Å²) in [5.41, 5.74) is -0.450. The Kier molecular flexibility index (Phi) is 6.99. The molecule has 0 atom stereocenters. The van der Waals surface area contributed by atoms with E-state index in [9.17, 15) is 4.79 Å². The molecule has 1 saturated carbocycles. The van der Waals surface area contributed by atoms with Gasteiger partial charge in [-0.05, 0) is 52.4 Å². The number of rotatable bonds is 5. The molecule has 0 aromatic carbocycles. The summed E-state index contributed by atoms with van der Waals surface area (Å²) in [6, 6.07) is 0.500. The summed E-state index contributed by atoms with van der Waals surface area (Å²) in [4.78, 5) is 16.3. The van der Waals surface area contributed by atoms with Crippen LogP contribution in [0.3, 0.4) is 0 Å². The Bertz CT molecular complexity index is 357. The van der Waals surface area contributed by atoms with Crippen molar-refractivity contribution in [1.82, 2.24) is 16.0 Å². The smallest absolute Gasteiger partial charge is 0.227 e. The van der Waals surface area contributed by atoms with E-state index in [1.165, 1.54) is 25.7 Å². The number of nitrogens with zero attached hydrogens (tertiary/aromatic N) is 1. The first-order valence-electron chi connectivity index (χ1n) is 8.14. The molecule has 21 heavy (non-hydrogen) atoms. The zero-order valence-corrected chi connectivity index (χ0v) is 14.3. The van der Waals surface area contributed by atoms with Crippen molar-refractivity contribution in [1.29, 1.82) is 0 Å². The van der Waals surface area contributed by atoms with E-state index in [4.69, 9.17) is 0 Å². The Morgan fingerprint density at radius 1 is 1.19 bits per heavy atom. The summed E-state index contributed by atoms with van der Waals surface area (Å²) in [6.07, 6.45) is 4.95. The average molecular weight is 296 g/mol. The molecule has 0 aromatic rings. The maximum Gasteiger partial charge on any atom is 0.227 e. The van der Waals surface area contributed by atoms with Gasteiger partial charge in [0, 0.05) is 26.2 Å². The molecular formula is C16H32N4O. The molecule has 0 bridgehead atoms. The number of hydrogen-bond acceptors (Lipinski definition) is 2. The van der Waals surface area contributed by atoms with Gasteiger partial charge in [0.05, 0.1) is 5.41 Å². The number of nitrogens with one attached hydrogen (secondary N) is 3. The molecule has 3 N–H and O–H groups in total. The van der Waals surface area contributed by atoms with Gasteiger partial charge in [0.2, 0.25) is 5.91 Å². The highest BCUT2D eigenvalue weighted by molar-refractivity contribution is 5.84. The molecule has 0 radical (unpaired) electrons. The maximum atomic E-state index is 12.0. The SMILES string of the molecule is CCNC(=O)C(C)(C)CNC(=NC)NC1CCC(C)CC1. The van der Waals surface area contributed by atoms with Crippen LogP contribution in [0.25, 0.3) is 0 Å². The fourth-order valence-corrected chi connectivity index (χ4v) is 2.58. The van der Waals surface area contributed by atoms with E-state index < -0.39 is 5.41 Å². The van der Waals surface area contributed by atoms with Crippen molar-refractivity contribution in [2.75, 3.05) is 20.1 Å². The van der Waals surface area contributed by atoms with E-state index in [1.54, 1.807) is 7.05 Å². The number of hydrogen-bond donors (Lipinski definition) is 3. The Balaban J connectivity index is 2.42. The Morgan fingerprint density at radius 3 is 2.33 bits per heavy atom. The van der Waals surface area contributed by atoms with E-state index in [0.717, 1.165) is 11.9 Å². The number of carbonyl (C=O) groups excluding carboxylic acids is 1. The number of carbonyl (C=O) groups is 1. The zero-order valence-electron chi connectivity index (χ0n) is 14.3. The van der Waals surface area contributed by atoms with Gasteiger partial charge >= 0.3 is 0 Å². The van der Waals surface area contributed by atoms with Crippen molar-refractivity contribution in [3.05, 3.63) is 0 Å². The first-order valence-corrected chi connectivity index (χ1v) is 8.14. The lowest BCUT2D eigenvalue weighted by molar-refractivity contribution is -0.128. The number of guanidine groups is 1. The molecule has 0 saturated heterocycles. The first kappa shape index (κ1) is 17.8. The van der Waals surface area contributed by atoms with Crippen LogP contribution in [0.2, 0.25) is 0 Å². The normalized spacial score (nSPS) is 23.6. The molecule has 0 aliphatic heterocycles. The van der Waals surface area contributed by atoms with E-state index in [1.807, 2.05) is 20.8 Å². The first-order chi connectivity index (χ1) is 9.89. The summed E-state index contributed by atoms with van der Waals surface area (Å²) >= 11 is 0. The highest BCUT2D eigenvalue weighted by Gasteiger charge is 2.27. The Morgan fingerprint density at radius 2 is 1.81 bits per heavy atom. The minimum Gasteiger partial charge on any atom is -0.356 e. The summed E-state index contributed by atoms with van der Waals surface area (Å²) in [7, 11) is 1.78. The van der Waals surface area contributed by atoms with Crippen molar-refractivity contribution in [3.63, 3.8) is 0 Å². The average Bonchev–Trinajstić information content (AvgIpc) is 2.45. The van der Waals surface area contributed by atoms with Gasteiger partial charge < -0.3 is 16.0 Å². The molecule has 0 aromatic heterocycles. The lowest BCUT2D eigenvalue weighted by Crippen LogP contribution is -2.50. The predicted octanol–water partition coefficient (Wildman–Crippen LogP) is 1.89. The van der Waals surface area contributed by atoms with Crippen LogP contribution >= 0.6 is 0 Å². The van der Waals surface area contributed by atoms with E-state index >= 15 is 0 Å². The molecule has 1 amide bonds. The van der Waals surface area contributed by atoms with Crippen molar-refractivity contribution in [2.24, 2.45) is 16.3 Å². The van der Waals surface area contributed by atoms with Gasteiger partial charge in [0.15, 0.2) is 5.96 Å². The van der Waals surface area contributed by atoms with Crippen LogP contribution in [0.1, 0.15) is 53.4 Å². The second-order valence-electron chi connectivity index (χ2n) is 6.77. The topological polar surface area (TPSA) is 65.5 Å². The third-order valence-corrected chi connectivity index (χ3v) is 4.23. The van der Waals surface area contributed by atoms with Crippen molar-refractivity contribution < 1.29 is 4.79 Å². The predicted molar refractivity (Wildman–Crippen MR) is 88.4 cm³/mol. The molecule has 122 valence electrons. The van der Waals surface area contributed by atoms with Gasteiger partial charge in [-0.1, -0.05) is 6.92 Å². The van der Waals surface area contributed by atoms with Crippen LogP contribution in [0.15, 0.2) is 4.99 Å². The summed E-state index contributed by atoms with van der Waals surface area (Å²) in [5.74, 6) is 1.71. The summed E-state index contributed by atoms with van der Waals surface area (Å²) in [6.45, 7) is 9.38. The van der Waals surface area contributed by atoms with Crippen molar-refractivity contribution in [3.8, 4) is 0 Å². The van der Waals surface area contributed by atoms with Gasteiger partial charge in [0.25, 0.3) is 0 Å². The van der Waals surface area contributed by atoms with Crippen LogP contribution in [-0.2, 0) is 4.79 Å². The molecular weight excluding hydrogens is 264 g/mol. The standard InChI is InChI=1S/C16H32N4O/c1-6-18-14(21)16(3,4)11-19-15(17-5)20-13-9-7-12(2)8-10-13/h12-13H,6-11H2,1-5H3,(H,18,21)(H2,17,19,20). The zero-order chi connectivity index (χ0) is 15.9. The van der Waals surface area contributed by atoms with Crippen LogP contribution in [0, 0.1) is 11.3 Å². The fourth-order valence-electron chi connectivity index (χ4n) is 2.58. The van der Waals surface area contributed by atoms with E-state index in [-0.39, 0.29) is 5.91 Å². The van der Waals surface area contributed by atoms with Crippen LogP contribution in [-0.4, -0.2) is 38.0 Å². The lowest BCUT2D eigenvalue weighted by Gasteiger charge is -2.30. The molecule has 1 fully saturated rings. The van der Waals surface area contributed by atoms with E-state index in [2.05, 4.69) is 27.9 Å². The lowest BCUT2D eigenvalue weighted by atomic mass is 9.87. The fraction of sp³-hybridized carbons (Fsp3) is 0.875. The largest absolute Gasteiger partial charge is 0.356 e. The quantitative estimate of drug-likeness (QED) is 0.536. The molecule has 1 aliphatic carbocycles. The highest BCUT2D eigenvalue weighted by Crippen LogP contribution is 2.23. The van der Waals surface area contributed by atoms with Crippen LogP contribution in [0.5, 0.6) is 0 Å². The molecule has 0 spiro atoms. The van der Waals surface area contributed by atoms with Gasteiger partial charge in [-0.3, -0.25) is 9.79 Å². The molecule has 0 unspecified atom stereocenters. The third-order valence-electron chi connectivity index (χ3n) is 4.23. The third kappa shape index (κ3) is 5.94. The van der Waals surface area contributed by atoms with Gasteiger partial charge in [-0.25, -0.2) is 0 Å². The van der Waals surface area contributed by atoms with Crippen LogP contribution in [0.4, 0.5) is 0 Å². The molecule has 0 heterocycles. The van der Waals surface area contributed by atoms with Gasteiger partial charge in [0.1, 0.15) is 0 Å². The molecule has 1 aliphatic rings. The second-order valence-corrected chi connectivity index (χ2v) is 6.77. The minimum atomic E-state index is -0.450. The monoisotopic (exact) mass is 296 g/mol. The van der Waals surface area contributed by atoms with Gasteiger partial charge in [-0.15, -0.1) is 0 Å². The van der Waals surface area contributed by atoms with Crippen molar-refractivity contribution >= 4 is 11.9 Å². The summed E-state index contributed by atoms with van der Waals surface area (Å²) in [5, 5.41) is 9.64. The minimum absolute atomic E-state index is 0.0689. The number of aliphatic imine (C=N–C) groups is 1. The summed E-state index contributed by atoms with van der Waals surface area (Å²) < 4.78 is 0. The highest BCUT2D eigenvalue weighted by atomic mass is 16.2. The second kappa shape index (κ2) is 8.25. The molecule has 1 rings (SSSR count). The van der Waals surface area contributed by atoms with Gasteiger partial charge in [-0.2, -0.15) is 0 Å². The number of amides is 1.